The van der Waals surface area contributed by atoms with E-state index in [0.717, 1.165) is 5.56 Å². The Morgan fingerprint density at radius 1 is 1.11 bits per heavy atom. The second-order valence-corrected chi connectivity index (χ2v) is 7.59. The largest absolute Gasteiger partial charge is 0.465 e. The van der Waals surface area contributed by atoms with Crippen LogP contribution in [-0.2, 0) is 21.8 Å². The molecule has 3 aromatic rings. The van der Waals surface area contributed by atoms with E-state index in [2.05, 4.69) is 14.4 Å². The fourth-order valence-electron chi connectivity index (χ4n) is 2.68. The minimum Gasteiger partial charge on any atom is -0.465 e. The molecule has 27 heavy (non-hydrogen) atoms. The molecule has 0 aliphatic heterocycles. The van der Waals surface area contributed by atoms with Crippen LogP contribution in [0.3, 0.4) is 0 Å². The number of esters is 1. The van der Waals surface area contributed by atoms with Crippen molar-refractivity contribution in [3.63, 3.8) is 0 Å². The number of aromatic nitrogens is 2. The molecule has 0 bridgehead atoms. The summed E-state index contributed by atoms with van der Waals surface area (Å²) >= 11 is 0. The number of nitrogens with one attached hydrogen (secondary N) is 1. The van der Waals surface area contributed by atoms with Gasteiger partial charge in [-0.1, -0.05) is 30.3 Å². The number of hydrogen-bond donors (Lipinski definition) is 1. The summed E-state index contributed by atoms with van der Waals surface area (Å²) in [5.41, 5.74) is 1.04. The zero-order chi connectivity index (χ0) is 19.4. The molecule has 1 atom stereocenters. The topological polar surface area (TPSA) is 90.3 Å². The molecule has 1 N–H and O–H groups in total. The standard InChI is InChI=1S/C19H19N3O4S/c1-22-13-12-20-18(22)17(14-6-4-3-5-7-14)21-27(24,25)16-10-8-15(9-11-16)19(23)26-2/h3-13,17,21H,1-2H3. The zero-order valence-corrected chi connectivity index (χ0v) is 15.7. The Balaban J connectivity index is 1.95. The minimum atomic E-state index is -3.86. The van der Waals surface area contributed by atoms with Crippen LogP contribution < -0.4 is 4.72 Å². The number of methoxy groups -OCH3 is 1. The van der Waals surface area contributed by atoms with Crippen molar-refractivity contribution in [1.29, 1.82) is 0 Å². The van der Waals surface area contributed by atoms with Crippen LogP contribution in [0.5, 0.6) is 0 Å². The van der Waals surface area contributed by atoms with Gasteiger partial charge in [-0.3, -0.25) is 0 Å². The summed E-state index contributed by atoms with van der Waals surface area (Å²) in [5, 5.41) is 0. The molecule has 2 aromatic carbocycles. The minimum absolute atomic E-state index is 0.0466. The number of aryl methyl sites for hydroxylation is 1. The van der Waals surface area contributed by atoms with Gasteiger partial charge in [0.2, 0.25) is 10.0 Å². The molecule has 0 spiro atoms. The number of benzene rings is 2. The second-order valence-electron chi connectivity index (χ2n) is 5.88. The Labute approximate surface area is 157 Å². The summed E-state index contributed by atoms with van der Waals surface area (Å²) in [6.45, 7) is 0. The first-order chi connectivity index (χ1) is 12.9. The van der Waals surface area contributed by atoms with Crippen LogP contribution in [-0.4, -0.2) is 31.0 Å². The van der Waals surface area contributed by atoms with E-state index in [1.807, 2.05) is 30.3 Å². The molecule has 0 fully saturated rings. The fourth-order valence-corrected chi connectivity index (χ4v) is 3.86. The van der Waals surface area contributed by atoms with Gasteiger partial charge in [0.1, 0.15) is 11.9 Å². The van der Waals surface area contributed by atoms with Crippen LogP contribution in [0.1, 0.15) is 27.8 Å². The summed E-state index contributed by atoms with van der Waals surface area (Å²) in [4.78, 5) is 15.9. The quantitative estimate of drug-likeness (QED) is 0.658. The average Bonchev–Trinajstić information content (AvgIpc) is 3.12. The van der Waals surface area contributed by atoms with Crippen molar-refractivity contribution in [2.75, 3.05) is 7.11 Å². The van der Waals surface area contributed by atoms with E-state index in [-0.39, 0.29) is 10.5 Å². The van der Waals surface area contributed by atoms with Gasteiger partial charge in [0.15, 0.2) is 0 Å². The summed E-state index contributed by atoms with van der Waals surface area (Å²) in [7, 11) is -0.782. The van der Waals surface area contributed by atoms with E-state index in [0.29, 0.717) is 5.82 Å². The molecule has 1 heterocycles. The molecule has 1 unspecified atom stereocenters. The van der Waals surface area contributed by atoms with E-state index >= 15 is 0 Å². The van der Waals surface area contributed by atoms with Gasteiger partial charge in [0.05, 0.1) is 17.6 Å². The van der Waals surface area contributed by atoms with Crippen molar-refractivity contribution < 1.29 is 17.9 Å². The predicted octanol–water partition coefficient (Wildman–Crippen LogP) is 2.27. The lowest BCUT2D eigenvalue weighted by Gasteiger charge is -2.19. The second kappa shape index (κ2) is 7.73. The SMILES string of the molecule is COC(=O)c1ccc(S(=O)(=O)NC(c2ccccc2)c2nccn2C)cc1. The summed E-state index contributed by atoms with van der Waals surface area (Å²) in [6, 6.07) is 14.1. The molecule has 0 saturated heterocycles. The summed E-state index contributed by atoms with van der Waals surface area (Å²) < 4.78 is 34.9. The van der Waals surface area contributed by atoms with Crippen molar-refractivity contribution >= 4 is 16.0 Å². The first-order valence-corrected chi connectivity index (χ1v) is 9.63. The third-order valence-corrected chi connectivity index (χ3v) is 5.55. The van der Waals surface area contributed by atoms with Crippen molar-refractivity contribution in [2.45, 2.75) is 10.9 Å². The third kappa shape index (κ3) is 4.07. The summed E-state index contributed by atoms with van der Waals surface area (Å²) in [6.07, 6.45) is 3.37. The van der Waals surface area contributed by atoms with Gasteiger partial charge in [-0.05, 0) is 29.8 Å². The van der Waals surface area contributed by atoms with Gasteiger partial charge in [-0.15, -0.1) is 0 Å². The molecule has 0 radical (unpaired) electrons. The van der Waals surface area contributed by atoms with Gasteiger partial charge in [-0.2, -0.15) is 4.72 Å². The number of ether oxygens (including phenoxy) is 1. The number of sulfonamides is 1. The highest BCUT2D eigenvalue weighted by Gasteiger charge is 2.25. The number of nitrogens with zero attached hydrogens (tertiary/aromatic N) is 2. The van der Waals surface area contributed by atoms with Crippen LogP contribution in [0.4, 0.5) is 0 Å². The van der Waals surface area contributed by atoms with Crippen molar-refractivity contribution in [1.82, 2.24) is 14.3 Å². The Bertz CT molecular complexity index is 1030. The van der Waals surface area contributed by atoms with Gasteiger partial charge in [-0.25, -0.2) is 18.2 Å². The first kappa shape index (κ1) is 18.8. The van der Waals surface area contributed by atoms with Crippen LogP contribution in [0.2, 0.25) is 0 Å². The molecule has 0 amide bonds. The third-order valence-electron chi connectivity index (χ3n) is 4.11. The van der Waals surface area contributed by atoms with Gasteiger partial charge in [0.25, 0.3) is 0 Å². The Hall–Kier alpha value is -2.97. The molecule has 0 aliphatic carbocycles. The average molecular weight is 385 g/mol. The highest BCUT2D eigenvalue weighted by molar-refractivity contribution is 7.89. The predicted molar refractivity (Wildman–Crippen MR) is 99.6 cm³/mol. The van der Waals surface area contributed by atoms with E-state index in [1.54, 1.807) is 24.0 Å². The Morgan fingerprint density at radius 3 is 2.33 bits per heavy atom. The molecule has 8 heteroatoms. The maximum atomic E-state index is 12.9. The maximum absolute atomic E-state index is 12.9. The fraction of sp³-hybridized carbons (Fsp3) is 0.158. The van der Waals surface area contributed by atoms with E-state index < -0.39 is 22.0 Å². The molecular formula is C19H19N3O4S. The van der Waals surface area contributed by atoms with Gasteiger partial charge in [0, 0.05) is 19.4 Å². The van der Waals surface area contributed by atoms with Gasteiger partial charge < -0.3 is 9.30 Å². The molecule has 7 nitrogen and oxygen atoms in total. The number of rotatable bonds is 6. The van der Waals surface area contributed by atoms with Crippen molar-refractivity contribution in [3.05, 3.63) is 83.9 Å². The summed E-state index contributed by atoms with van der Waals surface area (Å²) in [5.74, 6) is 0.0398. The molecule has 1 aromatic heterocycles. The van der Waals surface area contributed by atoms with E-state index in [1.165, 1.54) is 31.4 Å². The van der Waals surface area contributed by atoms with E-state index in [4.69, 9.17) is 0 Å². The van der Waals surface area contributed by atoms with E-state index in [9.17, 15) is 13.2 Å². The maximum Gasteiger partial charge on any atom is 0.337 e. The molecule has 0 saturated carbocycles. The van der Waals surface area contributed by atoms with Crippen molar-refractivity contribution in [2.24, 2.45) is 7.05 Å². The van der Waals surface area contributed by atoms with Crippen molar-refractivity contribution in [3.8, 4) is 0 Å². The smallest absolute Gasteiger partial charge is 0.337 e. The lowest BCUT2D eigenvalue weighted by molar-refractivity contribution is 0.0600. The molecular weight excluding hydrogens is 366 g/mol. The lowest BCUT2D eigenvalue weighted by atomic mass is 10.1. The zero-order valence-electron chi connectivity index (χ0n) is 14.9. The Kier molecular flexibility index (Phi) is 5.38. The molecule has 140 valence electrons. The number of carbonyl (C=O) groups is 1. The van der Waals surface area contributed by atoms with Gasteiger partial charge >= 0.3 is 5.97 Å². The highest BCUT2D eigenvalue weighted by atomic mass is 32.2. The molecule has 0 aliphatic rings. The van der Waals surface area contributed by atoms with Crippen LogP contribution in [0.15, 0.2) is 71.9 Å². The van der Waals surface area contributed by atoms with Crippen LogP contribution >= 0.6 is 0 Å². The first-order valence-electron chi connectivity index (χ1n) is 8.15. The number of hydrogen-bond acceptors (Lipinski definition) is 5. The normalized spacial score (nSPS) is 12.5. The monoisotopic (exact) mass is 385 g/mol. The number of imidazole rings is 1. The lowest BCUT2D eigenvalue weighted by Crippen LogP contribution is -2.31. The van der Waals surface area contributed by atoms with Crippen LogP contribution in [0.25, 0.3) is 0 Å². The molecule has 3 rings (SSSR count). The van der Waals surface area contributed by atoms with Crippen LogP contribution in [0, 0.1) is 0 Å². The Morgan fingerprint density at radius 2 is 1.78 bits per heavy atom. The number of carbonyl (C=O) groups excluding carboxylic acids is 1. The highest BCUT2D eigenvalue weighted by Crippen LogP contribution is 2.23.